The third-order valence-corrected chi connectivity index (χ3v) is 4.28. The first-order valence-electron chi connectivity index (χ1n) is 7.83. The molecule has 0 fully saturated rings. The number of benzene rings is 2. The Balaban J connectivity index is 0.000000261. The Hall–Kier alpha value is -2.38. The Morgan fingerprint density at radius 3 is 2.18 bits per heavy atom. The molecule has 9 heteroatoms. The second-order valence-corrected chi connectivity index (χ2v) is 6.88. The average molecular weight is 435 g/mol. The highest BCUT2D eigenvalue weighted by Gasteiger charge is 2.48. The van der Waals surface area contributed by atoms with Crippen LogP contribution < -0.4 is 4.74 Å². The van der Waals surface area contributed by atoms with Crippen molar-refractivity contribution in [2.24, 2.45) is 0 Å². The zero-order valence-corrected chi connectivity index (χ0v) is 16.2. The molecule has 0 spiro atoms. The zero-order valence-electron chi connectivity index (χ0n) is 14.6. The van der Waals surface area contributed by atoms with Gasteiger partial charge in [-0.1, -0.05) is 29.3 Å². The maximum Gasteiger partial charge on any atom is 0.430 e. The van der Waals surface area contributed by atoms with Gasteiger partial charge in [0.15, 0.2) is 0 Å². The van der Waals surface area contributed by atoms with Crippen LogP contribution in [0.2, 0.25) is 10.0 Å². The number of phenolic OH excluding ortho intramolecular Hbond substituents is 1. The molecule has 1 unspecified atom stereocenters. The van der Waals surface area contributed by atoms with Gasteiger partial charge in [0.1, 0.15) is 11.5 Å². The molecule has 0 saturated heterocycles. The summed E-state index contributed by atoms with van der Waals surface area (Å²) in [5, 5.41) is 18.2. The minimum Gasteiger partial charge on any atom is -0.506 e. The highest BCUT2D eigenvalue weighted by atomic mass is 35.5. The molecule has 1 aliphatic rings. The summed E-state index contributed by atoms with van der Waals surface area (Å²) < 4.78 is 43.1. The molecule has 4 nitrogen and oxygen atoms in total. The van der Waals surface area contributed by atoms with E-state index >= 15 is 0 Å². The maximum atomic E-state index is 12.8. The first kappa shape index (κ1) is 21.9. The topological polar surface area (TPSA) is 66.8 Å². The number of fused-ring (bicyclic) bond motifs is 1. The van der Waals surface area contributed by atoms with E-state index in [4.69, 9.17) is 38.2 Å². The molecule has 1 atom stereocenters. The average Bonchev–Trinajstić information content (AvgIpc) is 2.57. The number of aliphatic carboxylic acids is 1. The number of alkyl halides is 3. The number of aryl methyl sites for hydroxylation is 2. The van der Waals surface area contributed by atoms with E-state index in [1.807, 2.05) is 6.92 Å². The fourth-order valence-electron chi connectivity index (χ4n) is 2.44. The van der Waals surface area contributed by atoms with Crippen LogP contribution in [0.4, 0.5) is 13.2 Å². The van der Waals surface area contributed by atoms with E-state index in [9.17, 15) is 18.0 Å². The van der Waals surface area contributed by atoms with Gasteiger partial charge in [-0.25, -0.2) is 4.79 Å². The van der Waals surface area contributed by atoms with Crippen molar-refractivity contribution in [2.45, 2.75) is 26.1 Å². The normalized spacial score (nSPS) is 15.5. The molecular formula is C19H15Cl2F3O4. The second kappa shape index (κ2) is 8.32. The Bertz CT molecular complexity index is 940. The third kappa shape index (κ3) is 5.11. The highest BCUT2D eigenvalue weighted by Crippen LogP contribution is 2.41. The van der Waals surface area contributed by atoms with Crippen LogP contribution in [0.3, 0.4) is 0 Å². The lowest BCUT2D eigenvalue weighted by Gasteiger charge is -2.27. The molecule has 0 radical (unpaired) electrons. The third-order valence-electron chi connectivity index (χ3n) is 3.69. The Labute approximate surface area is 168 Å². The van der Waals surface area contributed by atoms with Gasteiger partial charge in [-0.3, -0.25) is 0 Å². The second-order valence-electron chi connectivity index (χ2n) is 6.06. The van der Waals surface area contributed by atoms with Gasteiger partial charge in [-0.2, -0.15) is 13.2 Å². The number of hydrogen-bond donors (Lipinski definition) is 2. The van der Waals surface area contributed by atoms with Crippen LogP contribution in [0.1, 0.15) is 16.7 Å². The van der Waals surface area contributed by atoms with Gasteiger partial charge in [-0.15, -0.1) is 0 Å². The molecule has 2 N–H and O–H groups in total. The van der Waals surface area contributed by atoms with E-state index in [-0.39, 0.29) is 22.1 Å². The summed E-state index contributed by atoms with van der Waals surface area (Å²) in [7, 11) is 0. The predicted molar refractivity (Wildman–Crippen MR) is 100 cm³/mol. The molecular weight excluding hydrogens is 420 g/mol. The smallest absolute Gasteiger partial charge is 0.430 e. The highest BCUT2D eigenvalue weighted by molar-refractivity contribution is 6.32. The van der Waals surface area contributed by atoms with Crippen LogP contribution in [0, 0.1) is 13.8 Å². The summed E-state index contributed by atoms with van der Waals surface area (Å²) >= 11 is 11.4. The molecule has 1 aliphatic heterocycles. The number of aromatic hydroxyl groups is 1. The largest absolute Gasteiger partial charge is 0.506 e. The number of ether oxygens (including phenoxy) is 1. The Morgan fingerprint density at radius 2 is 1.68 bits per heavy atom. The number of carbonyl (C=O) groups is 1. The number of halogens is 5. The van der Waals surface area contributed by atoms with Crippen molar-refractivity contribution in [3.63, 3.8) is 0 Å². The SMILES string of the molecule is Cc1cc(Cl)c2c(c1)C=C(C(=O)O)C(C(F)(F)F)O2.Cc1ccc(O)c(Cl)c1. The molecule has 0 amide bonds. The molecule has 0 bridgehead atoms. The summed E-state index contributed by atoms with van der Waals surface area (Å²) in [6, 6.07) is 8.07. The summed E-state index contributed by atoms with van der Waals surface area (Å²) in [5.74, 6) is -1.69. The van der Waals surface area contributed by atoms with Crippen molar-refractivity contribution in [3.05, 3.63) is 62.6 Å². The molecule has 2 aromatic carbocycles. The van der Waals surface area contributed by atoms with Gasteiger partial charge < -0.3 is 14.9 Å². The van der Waals surface area contributed by atoms with Crippen molar-refractivity contribution >= 4 is 35.2 Å². The number of carboxylic acids is 1. The van der Waals surface area contributed by atoms with Crippen molar-refractivity contribution in [3.8, 4) is 11.5 Å². The van der Waals surface area contributed by atoms with Gasteiger partial charge >= 0.3 is 12.1 Å². The lowest BCUT2D eigenvalue weighted by Crippen LogP contribution is -2.40. The molecule has 150 valence electrons. The quantitative estimate of drug-likeness (QED) is 0.595. The lowest BCUT2D eigenvalue weighted by atomic mass is 10.00. The van der Waals surface area contributed by atoms with E-state index in [1.54, 1.807) is 25.1 Å². The Morgan fingerprint density at radius 1 is 1.07 bits per heavy atom. The van der Waals surface area contributed by atoms with Crippen LogP contribution in [-0.2, 0) is 4.79 Å². The molecule has 1 heterocycles. The number of phenols is 1. The minimum atomic E-state index is -4.82. The molecule has 3 rings (SSSR count). The predicted octanol–water partition coefficient (Wildman–Crippen LogP) is 5.79. The maximum absolute atomic E-state index is 12.8. The van der Waals surface area contributed by atoms with Gasteiger partial charge in [0, 0.05) is 5.56 Å². The number of hydrogen-bond acceptors (Lipinski definition) is 3. The Kier molecular flexibility index (Phi) is 6.52. The molecule has 0 saturated carbocycles. The van der Waals surface area contributed by atoms with Gasteiger partial charge in [0.2, 0.25) is 6.10 Å². The standard InChI is InChI=1S/C12H8ClF3O3.C7H7ClO/c1-5-2-6-4-7(11(17)18)10(12(14,15)16)19-9(6)8(13)3-5;1-5-2-3-7(9)6(8)4-5/h2-4,10H,1H3,(H,17,18);2-4,9H,1H3. The first-order chi connectivity index (χ1) is 12.9. The lowest BCUT2D eigenvalue weighted by molar-refractivity contribution is -0.187. The summed E-state index contributed by atoms with van der Waals surface area (Å²) in [6.07, 6.45) is -6.40. The van der Waals surface area contributed by atoms with E-state index < -0.39 is 23.8 Å². The molecule has 0 aromatic heterocycles. The van der Waals surface area contributed by atoms with Crippen LogP contribution in [0.15, 0.2) is 35.9 Å². The fraction of sp³-hybridized carbons (Fsp3) is 0.211. The fourth-order valence-corrected chi connectivity index (χ4v) is 3.00. The van der Waals surface area contributed by atoms with E-state index in [0.717, 1.165) is 11.6 Å². The summed E-state index contributed by atoms with van der Waals surface area (Å²) in [6.45, 7) is 3.61. The van der Waals surface area contributed by atoms with Crippen LogP contribution in [-0.4, -0.2) is 28.5 Å². The van der Waals surface area contributed by atoms with E-state index in [2.05, 4.69) is 0 Å². The van der Waals surface area contributed by atoms with E-state index in [1.165, 1.54) is 12.1 Å². The van der Waals surface area contributed by atoms with Crippen molar-refractivity contribution in [1.82, 2.24) is 0 Å². The number of carboxylic acid groups (broad SMARTS) is 1. The van der Waals surface area contributed by atoms with Gasteiger partial charge in [-0.05, 0) is 55.3 Å². The van der Waals surface area contributed by atoms with E-state index in [0.29, 0.717) is 10.6 Å². The van der Waals surface area contributed by atoms with Crippen molar-refractivity contribution in [1.29, 1.82) is 0 Å². The van der Waals surface area contributed by atoms with Gasteiger partial charge in [0.25, 0.3) is 0 Å². The van der Waals surface area contributed by atoms with Gasteiger partial charge in [0.05, 0.1) is 15.6 Å². The monoisotopic (exact) mass is 434 g/mol. The summed E-state index contributed by atoms with van der Waals surface area (Å²) in [4.78, 5) is 10.9. The minimum absolute atomic E-state index is 0.0185. The number of rotatable bonds is 1. The zero-order chi connectivity index (χ0) is 21.2. The first-order valence-corrected chi connectivity index (χ1v) is 8.59. The molecule has 0 aliphatic carbocycles. The molecule has 2 aromatic rings. The van der Waals surface area contributed by atoms with Crippen LogP contribution in [0.25, 0.3) is 6.08 Å². The molecule has 28 heavy (non-hydrogen) atoms. The van der Waals surface area contributed by atoms with Crippen molar-refractivity contribution in [2.75, 3.05) is 0 Å². The van der Waals surface area contributed by atoms with Crippen molar-refractivity contribution < 1.29 is 32.9 Å². The van der Waals surface area contributed by atoms with Crippen LogP contribution in [0.5, 0.6) is 11.5 Å². The van der Waals surface area contributed by atoms with Crippen LogP contribution >= 0.6 is 23.2 Å². The summed E-state index contributed by atoms with van der Waals surface area (Å²) in [5.41, 5.74) is 1.11.